The molecule has 2 unspecified atom stereocenters. The van der Waals surface area contributed by atoms with Gasteiger partial charge in [0.05, 0.1) is 0 Å². The summed E-state index contributed by atoms with van der Waals surface area (Å²) in [4.78, 5) is 25.4. The standard InChI is InChI=1S/C13H23N3O3/c1-13(11(17)18,10-3-4-10)15-12(19)14-7-9-5-6-16(2)8-9/h9-10H,3-8H2,1-2H3,(H,17,18)(H2,14,15,19). The Morgan fingerprint density at radius 2 is 2.05 bits per heavy atom. The van der Waals surface area contributed by atoms with Crippen molar-refractivity contribution in [3.05, 3.63) is 0 Å². The highest BCUT2D eigenvalue weighted by atomic mass is 16.4. The molecule has 1 aliphatic heterocycles. The van der Waals surface area contributed by atoms with Gasteiger partial charge in [-0.05, 0) is 51.6 Å². The summed E-state index contributed by atoms with van der Waals surface area (Å²) < 4.78 is 0. The van der Waals surface area contributed by atoms with Gasteiger partial charge in [0, 0.05) is 13.1 Å². The van der Waals surface area contributed by atoms with Gasteiger partial charge in [0.1, 0.15) is 5.54 Å². The van der Waals surface area contributed by atoms with Crippen LogP contribution in [0.1, 0.15) is 26.2 Å². The molecule has 0 radical (unpaired) electrons. The zero-order chi connectivity index (χ0) is 14.0. The molecule has 0 aromatic rings. The summed E-state index contributed by atoms with van der Waals surface area (Å²) in [5.41, 5.74) is -1.13. The van der Waals surface area contributed by atoms with E-state index < -0.39 is 11.5 Å². The van der Waals surface area contributed by atoms with Crippen molar-refractivity contribution in [1.82, 2.24) is 15.5 Å². The molecule has 3 N–H and O–H groups in total. The van der Waals surface area contributed by atoms with Crippen molar-refractivity contribution < 1.29 is 14.7 Å². The third-order valence-electron chi connectivity index (χ3n) is 4.25. The van der Waals surface area contributed by atoms with E-state index in [0.717, 1.165) is 32.4 Å². The third-order valence-corrected chi connectivity index (χ3v) is 4.25. The van der Waals surface area contributed by atoms with Crippen LogP contribution in [0.3, 0.4) is 0 Å². The molecule has 1 saturated carbocycles. The number of rotatable bonds is 5. The number of nitrogens with zero attached hydrogens (tertiary/aromatic N) is 1. The first-order valence-electron chi connectivity index (χ1n) is 6.89. The number of urea groups is 1. The van der Waals surface area contributed by atoms with Crippen LogP contribution in [0.15, 0.2) is 0 Å². The Morgan fingerprint density at radius 3 is 2.53 bits per heavy atom. The number of likely N-dealkylation sites (tertiary alicyclic amines) is 1. The molecular weight excluding hydrogens is 246 g/mol. The Kier molecular flexibility index (Phi) is 3.99. The summed E-state index contributed by atoms with van der Waals surface area (Å²) in [6.07, 6.45) is 2.82. The second-order valence-electron chi connectivity index (χ2n) is 6.03. The number of carboxylic acid groups (broad SMARTS) is 1. The summed E-state index contributed by atoms with van der Waals surface area (Å²) in [5, 5.41) is 14.7. The van der Waals surface area contributed by atoms with Gasteiger partial charge in [-0.25, -0.2) is 9.59 Å². The van der Waals surface area contributed by atoms with E-state index in [1.54, 1.807) is 6.92 Å². The fourth-order valence-corrected chi connectivity index (χ4v) is 2.70. The molecule has 19 heavy (non-hydrogen) atoms. The van der Waals surface area contributed by atoms with Gasteiger partial charge >= 0.3 is 12.0 Å². The van der Waals surface area contributed by atoms with Crippen molar-refractivity contribution in [3.8, 4) is 0 Å². The molecule has 0 aromatic heterocycles. The summed E-state index contributed by atoms with van der Waals surface area (Å²) >= 11 is 0. The molecule has 0 spiro atoms. The lowest BCUT2D eigenvalue weighted by atomic mass is 9.96. The number of carboxylic acids is 1. The Hall–Kier alpha value is -1.30. The fraction of sp³-hybridized carbons (Fsp3) is 0.846. The fourth-order valence-electron chi connectivity index (χ4n) is 2.70. The van der Waals surface area contributed by atoms with E-state index in [9.17, 15) is 14.7 Å². The van der Waals surface area contributed by atoms with Crippen LogP contribution >= 0.6 is 0 Å². The lowest BCUT2D eigenvalue weighted by molar-refractivity contribution is -0.144. The first-order chi connectivity index (χ1) is 8.91. The van der Waals surface area contributed by atoms with Crippen molar-refractivity contribution in [2.24, 2.45) is 11.8 Å². The van der Waals surface area contributed by atoms with Crippen molar-refractivity contribution in [3.63, 3.8) is 0 Å². The minimum absolute atomic E-state index is 0.0633. The van der Waals surface area contributed by atoms with E-state index in [-0.39, 0.29) is 11.9 Å². The first-order valence-corrected chi connectivity index (χ1v) is 6.89. The maximum atomic E-state index is 11.8. The molecule has 108 valence electrons. The van der Waals surface area contributed by atoms with Crippen LogP contribution in [0.5, 0.6) is 0 Å². The Balaban J connectivity index is 1.78. The van der Waals surface area contributed by atoms with E-state index in [1.165, 1.54) is 0 Å². The summed E-state index contributed by atoms with van der Waals surface area (Å²) in [7, 11) is 2.06. The predicted octanol–water partition coefficient (Wildman–Crippen LogP) is 0.491. The molecule has 1 aliphatic carbocycles. The van der Waals surface area contributed by atoms with E-state index in [1.807, 2.05) is 0 Å². The second-order valence-corrected chi connectivity index (χ2v) is 6.03. The highest BCUT2D eigenvalue weighted by molar-refractivity contribution is 5.86. The normalized spacial score (nSPS) is 26.7. The number of carbonyl (C=O) groups is 2. The Labute approximate surface area is 113 Å². The van der Waals surface area contributed by atoms with Crippen molar-refractivity contribution in [1.29, 1.82) is 0 Å². The van der Waals surface area contributed by atoms with E-state index in [2.05, 4.69) is 22.6 Å². The third kappa shape index (κ3) is 3.37. The van der Waals surface area contributed by atoms with Gasteiger partial charge in [-0.1, -0.05) is 0 Å². The quantitative estimate of drug-likeness (QED) is 0.678. The molecule has 6 nitrogen and oxygen atoms in total. The molecule has 0 bridgehead atoms. The van der Waals surface area contributed by atoms with Gasteiger partial charge in [-0.2, -0.15) is 0 Å². The molecule has 0 aromatic carbocycles. The highest BCUT2D eigenvalue weighted by Crippen LogP contribution is 2.39. The topological polar surface area (TPSA) is 81.7 Å². The molecule has 2 rings (SSSR count). The van der Waals surface area contributed by atoms with Gasteiger partial charge in [-0.3, -0.25) is 0 Å². The number of nitrogens with one attached hydrogen (secondary N) is 2. The smallest absolute Gasteiger partial charge is 0.329 e. The molecule has 1 saturated heterocycles. The average Bonchev–Trinajstić information content (AvgIpc) is 3.11. The lowest BCUT2D eigenvalue weighted by Gasteiger charge is -2.26. The van der Waals surface area contributed by atoms with Gasteiger partial charge < -0.3 is 20.6 Å². The number of hydrogen-bond donors (Lipinski definition) is 3. The van der Waals surface area contributed by atoms with Crippen LogP contribution in [0.25, 0.3) is 0 Å². The Bertz CT molecular complexity index is 370. The zero-order valence-corrected chi connectivity index (χ0v) is 11.6. The van der Waals surface area contributed by atoms with E-state index in [4.69, 9.17) is 0 Å². The molecule has 2 atom stereocenters. The van der Waals surface area contributed by atoms with Crippen LogP contribution in [0, 0.1) is 11.8 Å². The lowest BCUT2D eigenvalue weighted by Crippen LogP contribution is -2.57. The molecule has 2 aliphatic rings. The zero-order valence-electron chi connectivity index (χ0n) is 11.6. The first kappa shape index (κ1) is 14.1. The predicted molar refractivity (Wildman–Crippen MR) is 70.9 cm³/mol. The molecular formula is C13H23N3O3. The van der Waals surface area contributed by atoms with Crippen LogP contribution in [-0.2, 0) is 4.79 Å². The van der Waals surface area contributed by atoms with E-state index in [0.29, 0.717) is 12.5 Å². The van der Waals surface area contributed by atoms with Gasteiger partial charge in [0.2, 0.25) is 0 Å². The average molecular weight is 269 g/mol. The SMILES string of the molecule is CN1CCC(CNC(=O)NC(C)(C(=O)O)C2CC2)C1. The second kappa shape index (κ2) is 5.36. The van der Waals surface area contributed by atoms with Crippen molar-refractivity contribution in [2.75, 3.05) is 26.7 Å². The molecule has 2 amide bonds. The van der Waals surface area contributed by atoms with Crippen LogP contribution < -0.4 is 10.6 Å². The minimum atomic E-state index is -1.13. The van der Waals surface area contributed by atoms with Gasteiger partial charge in [0.25, 0.3) is 0 Å². The monoisotopic (exact) mass is 269 g/mol. The van der Waals surface area contributed by atoms with E-state index >= 15 is 0 Å². The van der Waals surface area contributed by atoms with Crippen LogP contribution in [0.2, 0.25) is 0 Å². The van der Waals surface area contributed by atoms with Crippen molar-refractivity contribution in [2.45, 2.75) is 31.7 Å². The summed E-state index contributed by atoms with van der Waals surface area (Å²) in [6, 6.07) is -0.369. The maximum Gasteiger partial charge on any atom is 0.329 e. The molecule has 6 heteroatoms. The largest absolute Gasteiger partial charge is 0.480 e. The Morgan fingerprint density at radius 1 is 1.37 bits per heavy atom. The number of aliphatic carboxylic acids is 1. The van der Waals surface area contributed by atoms with Crippen LogP contribution in [-0.4, -0.2) is 54.2 Å². The molecule has 2 fully saturated rings. The van der Waals surface area contributed by atoms with Crippen LogP contribution in [0.4, 0.5) is 4.79 Å². The summed E-state index contributed by atoms with van der Waals surface area (Å²) in [5.74, 6) is -0.424. The minimum Gasteiger partial charge on any atom is -0.480 e. The number of amides is 2. The number of hydrogen-bond acceptors (Lipinski definition) is 3. The molecule has 1 heterocycles. The number of carbonyl (C=O) groups excluding carboxylic acids is 1. The van der Waals surface area contributed by atoms with Gasteiger partial charge in [-0.15, -0.1) is 0 Å². The highest BCUT2D eigenvalue weighted by Gasteiger charge is 2.48. The maximum absolute atomic E-state index is 11.8. The summed E-state index contributed by atoms with van der Waals surface area (Å²) in [6.45, 7) is 4.24. The van der Waals surface area contributed by atoms with Crippen molar-refractivity contribution >= 4 is 12.0 Å². The van der Waals surface area contributed by atoms with Gasteiger partial charge in [0.15, 0.2) is 0 Å².